The van der Waals surface area contributed by atoms with E-state index in [0.717, 1.165) is 24.2 Å². The Kier molecular flexibility index (Phi) is 6.85. The summed E-state index contributed by atoms with van der Waals surface area (Å²) in [4.78, 5) is 23.7. The zero-order valence-electron chi connectivity index (χ0n) is 17.2. The summed E-state index contributed by atoms with van der Waals surface area (Å²) in [5.74, 6) is -0.158. The van der Waals surface area contributed by atoms with Crippen LogP contribution in [-0.2, 0) is 11.2 Å². The molecule has 7 heteroatoms. The number of carbonyl (C=O) groups excluding carboxylic acids is 1. The van der Waals surface area contributed by atoms with Crippen molar-refractivity contribution in [3.8, 4) is 11.5 Å². The van der Waals surface area contributed by atoms with Crippen LogP contribution in [0, 0.1) is 0 Å². The second kappa shape index (κ2) is 9.96. The molecule has 3 aromatic rings. The SMILES string of the molecule is O=C(Cc1ccc(C2CNCCO2)cc1)c1ccc(Oc2ccc(C(=O)O)c(Cl)c2)cc1. The van der Waals surface area contributed by atoms with Gasteiger partial charge in [-0.3, -0.25) is 4.79 Å². The highest BCUT2D eigenvalue weighted by atomic mass is 35.5. The first-order valence-corrected chi connectivity index (χ1v) is 10.6. The smallest absolute Gasteiger partial charge is 0.337 e. The first-order chi connectivity index (χ1) is 15.5. The third kappa shape index (κ3) is 5.34. The highest BCUT2D eigenvalue weighted by Crippen LogP contribution is 2.27. The zero-order valence-corrected chi connectivity index (χ0v) is 18.0. The van der Waals surface area contributed by atoms with Crippen LogP contribution in [0.2, 0.25) is 5.02 Å². The molecule has 0 amide bonds. The molecule has 0 saturated carbocycles. The molecule has 0 bridgehead atoms. The number of ether oxygens (including phenoxy) is 2. The minimum absolute atomic E-state index is 0.00809. The third-order valence-corrected chi connectivity index (χ3v) is 5.54. The van der Waals surface area contributed by atoms with Gasteiger partial charge in [0.1, 0.15) is 11.5 Å². The Balaban J connectivity index is 1.36. The Labute approximate surface area is 190 Å². The maximum atomic E-state index is 12.7. The Morgan fingerprint density at radius 1 is 1.03 bits per heavy atom. The van der Waals surface area contributed by atoms with E-state index in [9.17, 15) is 9.59 Å². The van der Waals surface area contributed by atoms with Gasteiger partial charge in [-0.2, -0.15) is 0 Å². The lowest BCUT2D eigenvalue weighted by Crippen LogP contribution is -2.33. The van der Waals surface area contributed by atoms with E-state index in [1.54, 1.807) is 24.3 Å². The van der Waals surface area contributed by atoms with Crippen molar-refractivity contribution in [2.45, 2.75) is 12.5 Å². The van der Waals surface area contributed by atoms with Crippen molar-refractivity contribution < 1.29 is 24.2 Å². The van der Waals surface area contributed by atoms with Crippen LogP contribution in [0.25, 0.3) is 0 Å². The molecule has 1 aliphatic heterocycles. The number of nitrogens with one attached hydrogen (secondary N) is 1. The highest BCUT2D eigenvalue weighted by Gasteiger charge is 2.16. The van der Waals surface area contributed by atoms with Gasteiger partial charge in [0, 0.05) is 31.1 Å². The Morgan fingerprint density at radius 3 is 2.38 bits per heavy atom. The summed E-state index contributed by atoms with van der Waals surface area (Å²) in [5, 5.41) is 12.5. The van der Waals surface area contributed by atoms with Gasteiger partial charge >= 0.3 is 5.97 Å². The van der Waals surface area contributed by atoms with Gasteiger partial charge in [0.05, 0.1) is 23.3 Å². The zero-order chi connectivity index (χ0) is 22.5. The summed E-state index contributed by atoms with van der Waals surface area (Å²) in [5.41, 5.74) is 2.64. The monoisotopic (exact) mass is 451 g/mol. The molecule has 32 heavy (non-hydrogen) atoms. The fraction of sp³-hybridized carbons (Fsp3) is 0.200. The van der Waals surface area contributed by atoms with Crippen molar-refractivity contribution in [2.75, 3.05) is 19.7 Å². The number of morpholine rings is 1. The van der Waals surface area contributed by atoms with Gasteiger partial charge in [-0.05, 0) is 47.5 Å². The molecule has 1 atom stereocenters. The van der Waals surface area contributed by atoms with E-state index in [1.165, 1.54) is 18.2 Å². The Hall–Kier alpha value is -3.19. The van der Waals surface area contributed by atoms with E-state index in [-0.39, 0.29) is 22.5 Å². The van der Waals surface area contributed by atoms with Gasteiger partial charge in [-0.25, -0.2) is 4.79 Å². The van der Waals surface area contributed by atoms with Crippen molar-refractivity contribution in [1.82, 2.24) is 5.32 Å². The largest absolute Gasteiger partial charge is 0.478 e. The van der Waals surface area contributed by atoms with E-state index < -0.39 is 5.97 Å². The van der Waals surface area contributed by atoms with Crippen LogP contribution in [0.1, 0.15) is 37.9 Å². The Bertz CT molecular complexity index is 1110. The van der Waals surface area contributed by atoms with Gasteiger partial charge in [0.25, 0.3) is 0 Å². The lowest BCUT2D eigenvalue weighted by atomic mass is 10.0. The standard InChI is InChI=1S/C25H22ClNO5/c26-22-14-20(9-10-21(22)25(29)30)32-19-7-5-17(6-8-19)23(28)13-16-1-3-18(4-2-16)24-15-27-11-12-31-24/h1-10,14,24,27H,11-13,15H2,(H,29,30). The lowest BCUT2D eigenvalue weighted by molar-refractivity contribution is 0.0277. The van der Waals surface area contributed by atoms with Gasteiger partial charge < -0.3 is 19.9 Å². The topological polar surface area (TPSA) is 84.9 Å². The quantitative estimate of drug-likeness (QED) is 0.496. The summed E-state index contributed by atoms with van der Waals surface area (Å²) < 4.78 is 11.5. The van der Waals surface area contributed by atoms with Crippen LogP contribution in [0.3, 0.4) is 0 Å². The van der Waals surface area contributed by atoms with Crippen LogP contribution in [0.5, 0.6) is 11.5 Å². The second-order valence-electron chi connectivity index (χ2n) is 7.48. The fourth-order valence-electron chi connectivity index (χ4n) is 3.49. The van der Waals surface area contributed by atoms with E-state index in [4.69, 9.17) is 26.2 Å². The average molecular weight is 452 g/mol. The Morgan fingerprint density at radius 2 is 1.75 bits per heavy atom. The molecule has 164 valence electrons. The number of carboxylic acids is 1. The molecule has 1 heterocycles. The lowest BCUT2D eigenvalue weighted by Gasteiger charge is -2.24. The van der Waals surface area contributed by atoms with Crippen LogP contribution < -0.4 is 10.1 Å². The van der Waals surface area contributed by atoms with E-state index >= 15 is 0 Å². The van der Waals surface area contributed by atoms with Gasteiger partial charge in [-0.15, -0.1) is 0 Å². The number of ketones is 1. The number of Topliss-reactive ketones (excluding diaryl/α,β-unsaturated/α-hetero) is 1. The number of carbonyl (C=O) groups is 2. The van der Waals surface area contributed by atoms with Crippen molar-refractivity contribution in [3.63, 3.8) is 0 Å². The molecule has 6 nitrogen and oxygen atoms in total. The van der Waals surface area contributed by atoms with Gasteiger partial charge in [0.15, 0.2) is 5.78 Å². The summed E-state index contributed by atoms with van der Waals surface area (Å²) in [6.07, 6.45) is 0.354. The molecule has 1 fully saturated rings. The van der Waals surface area contributed by atoms with Crippen molar-refractivity contribution in [1.29, 1.82) is 0 Å². The fourth-order valence-corrected chi connectivity index (χ4v) is 3.75. The number of hydrogen-bond donors (Lipinski definition) is 2. The number of carboxylic acid groups (broad SMARTS) is 1. The summed E-state index contributed by atoms with van der Waals surface area (Å²) >= 11 is 5.97. The van der Waals surface area contributed by atoms with Crippen molar-refractivity contribution in [2.24, 2.45) is 0 Å². The molecule has 1 aliphatic rings. The number of rotatable bonds is 7. The second-order valence-corrected chi connectivity index (χ2v) is 7.89. The number of halogens is 1. The molecule has 0 aliphatic carbocycles. The molecular formula is C25H22ClNO5. The minimum Gasteiger partial charge on any atom is -0.478 e. The van der Waals surface area contributed by atoms with Gasteiger partial charge in [0.2, 0.25) is 0 Å². The summed E-state index contributed by atoms with van der Waals surface area (Å²) in [6.45, 7) is 2.37. The first kappa shape index (κ1) is 22.0. The van der Waals surface area contributed by atoms with Crippen molar-refractivity contribution >= 4 is 23.4 Å². The van der Waals surface area contributed by atoms with Crippen LogP contribution >= 0.6 is 11.6 Å². The highest BCUT2D eigenvalue weighted by molar-refractivity contribution is 6.33. The number of aromatic carboxylic acids is 1. The average Bonchev–Trinajstić information content (AvgIpc) is 2.80. The van der Waals surface area contributed by atoms with Crippen molar-refractivity contribution in [3.05, 3.63) is 94.0 Å². The number of benzene rings is 3. The molecule has 0 aromatic heterocycles. The van der Waals surface area contributed by atoms with Gasteiger partial charge in [-0.1, -0.05) is 35.9 Å². The molecule has 1 unspecified atom stereocenters. The van der Waals surface area contributed by atoms with E-state index in [2.05, 4.69) is 5.32 Å². The molecule has 4 rings (SSSR count). The third-order valence-electron chi connectivity index (χ3n) is 5.23. The van der Waals surface area contributed by atoms with Crippen LogP contribution in [0.15, 0.2) is 66.7 Å². The maximum Gasteiger partial charge on any atom is 0.337 e. The predicted molar refractivity (Wildman–Crippen MR) is 121 cm³/mol. The first-order valence-electron chi connectivity index (χ1n) is 10.2. The summed E-state index contributed by atoms with van der Waals surface area (Å²) in [6, 6.07) is 19.1. The predicted octanol–water partition coefficient (Wildman–Crippen LogP) is 4.92. The molecule has 0 radical (unpaired) electrons. The van der Waals surface area contributed by atoms with Crippen LogP contribution in [-0.4, -0.2) is 36.6 Å². The maximum absolute atomic E-state index is 12.7. The normalized spacial score (nSPS) is 15.8. The molecule has 0 spiro atoms. The van der Waals surface area contributed by atoms with E-state index in [0.29, 0.717) is 30.1 Å². The minimum atomic E-state index is -1.10. The van der Waals surface area contributed by atoms with Crippen LogP contribution in [0.4, 0.5) is 0 Å². The molecule has 2 N–H and O–H groups in total. The molecule has 3 aromatic carbocycles. The van der Waals surface area contributed by atoms with E-state index in [1.807, 2.05) is 24.3 Å². The molecule has 1 saturated heterocycles. The number of hydrogen-bond acceptors (Lipinski definition) is 5. The molecular weight excluding hydrogens is 430 g/mol. The summed E-state index contributed by atoms with van der Waals surface area (Å²) in [7, 11) is 0.